The van der Waals surface area contributed by atoms with Crippen LogP contribution >= 0.6 is 0 Å². The van der Waals surface area contributed by atoms with Crippen molar-refractivity contribution in [3.8, 4) is 0 Å². The van der Waals surface area contributed by atoms with Crippen LogP contribution in [0, 0.1) is 12.8 Å². The molecule has 17 heavy (non-hydrogen) atoms. The number of aliphatic hydroxyl groups is 1. The van der Waals surface area contributed by atoms with E-state index < -0.39 is 6.03 Å². The van der Waals surface area contributed by atoms with Crippen molar-refractivity contribution < 1.29 is 14.3 Å². The average molecular weight is 241 g/mol. The summed E-state index contributed by atoms with van der Waals surface area (Å²) in [7, 11) is 0. The van der Waals surface area contributed by atoms with Gasteiger partial charge >= 0.3 is 12.0 Å². The molecule has 1 heterocycles. The smallest absolute Gasteiger partial charge is 0.323 e. The van der Waals surface area contributed by atoms with Gasteiger partial charge < -0.3 is 14.8 Å². The first-order valence-corrected chi connectivity index (χ1v) is 5.62. The minimum absolute atomic E-state index is 0.0871. The van der Waals surface area contributed by atoms with Crippen LogP contribution in [0.5, 0.6) is 0 Å². The van der Waals surface area contributed by atoms with Gasteiger partial charge in [0.05, 0.1) is 18.8 Å². The lowest BCUT2D eigenvalue weighted by Crippen LogP contribution is -2.41. The maximum Gasteiger partial charge on any atom is 0.323 e. The highest BCUT2D eigenvalue weighted by Crippen LogP contribution is 2.07. The number of aryl methyl sites for hydroxylation is 1. The van der Waals surface area contributed by atoms with E-state index in [-0.39, 0.29) is 18.7 Å². The number of carbonyl (C=O) groups is 1. The summed E-state index contributed by atoms with van der Waals surface area (Å²) in [6, 6.07) is -0.529. The lowest BCUT2D eigenvalue weighted by Gasteiger charge is -2.17. The van der Waals surface area contributed by atoms with Crippen molar-refractivity contribution in [3.63, 3.8) is 0 Å². The zero-order chi connectivity index (χ0) is 12.8. The highest BCUT2D eigenvalue weighted by Gasteiger charge is 2.14. The predicted octanol–water partition coefficient (Wildman–Crippen LogP) is 1.51. The van der Waals surface area contributed by atoms with E-state index in [1.165, 1.54) is 6.20 Å². The molecular weight excluding hydrogens is 222 g/mol. The van der Waals surface area contributed by atoms with Crippen LogP contribution < -0.4 is 10.6 Å². The zero-order valence-electron chi connectivity index (χ0n) is 10.4. The molecule has 0 aliphatic rings. The molecule has 0 spiro atoms. The number of hydrogen-bond acceptors (Lipinski definition) is 4. The van der Waals surface area contributed by atoms with Crippen molar-refractivity contribution in [3.05, 3.63) is 12.0 Å². The average Bonchev–Trinajstić information content (AvgIpc) is 2.62. The van der Waals surface area contributed by atoms with Crippen LogP contribution in [0.1, 0.15) is 26.0 Å². The van der Waals surface area contributed by atoms with Gasteiger partial charge in [0.15, 0.2) is 0 Å². The van der Waals surface area contributed by atoms with Crippen molar-refractivity contribution in [1.29, 1.82) is 0 Å². The Morgan fingerprint density at radius 2 is 2.29 bits per heavy atom. The molecule has 96 valence electrons. The number of anilines is 1. The van der Waals surface area contributed by atoms with Crippen molar-refractivity contribution in [2.24, 2.45) is 5.92 Å². The summed E-state index contributed by atoms with van der Waals surface area (Å²) in [6.45, 7) is 5.71. The van der Waals surface area contributed by atoms with E-state index in [2.05, 4.69) is 15.6 Å². The normalized spacial score (nSPS) is 12.5. The van der Waals surface area contributed by atoms with Crippen LogP contribution in [-0.2, 0) is 0 Å². The summed E-state index contributed by atoms with van der Waals surface area (Å²) in [6.07, 6.45) is 2.24. The molecule has 2 amide bonds. The van der Waals surface area contributed by atoms with E-state index in [1.807, 2.05) is 13.8 Å². The van der Waals surface area contributed by atoms with Gasteiger partial charge in [-0.05, 0) is 19.3 Å². The third-order valence-electron chi connectivity index (χ3n) is 2.15. The van der Waals surface area contributed by atoms with Gasteiger partial charge in [0.2, 0.25) is 0 Å². The quantitative estimate of drug-likeness (QED) is 0.729. The monoisotopic (exact) mass is 241 g/mol. The third-order valence-corrected chi connectivity index (χ3v) is 2.15. The van der Waals surface area contributed by atoms with Crippen LogP contribution in [0.3, 0.4) is 0 Å². The number of aliphatic hydroxyl groups excluding tert-OH is 1. The van der Waals surface area contributed by atoms with Gasteiger partial charge in [-0.3, -0.25) is 5.32 Å². The molecule has 0 aliphatic heterocycles. The third kappa shape index (κ3) is 4.86. The molecule has 3 N–H and O–H groups in total. The van der Waals surface area contributed by atoms with Gasteiger partial charge in [-0.2, -0.15) is 0 Å². The van der Waals surface area contributed by atoms with E-state index >= 15 is 0 Å². The Bertz CT molecular complexity index is 363. The van der Waals surface area contributed by atoms with Crippen LogP contribution in [0.25, 0.3) is 0 Å². The number of amides is 2. The molecule has 6 nitrogen and oxygen atoms in total. The van der Waals surface area contributed by atoms with E-state index in [4.69, 9.17) is 9.52 Å². The molecule has 1 unspecified atom stereocenters. The van der Waals surface area contributed by atoms with E-state index in [0.717, 1.165) is 0 Å². The Kier molecular flexibility index (Phi) is 4.96. The molecule has 1 atom stereocenters. The van der Waals surface area contributed by atoms with Gasteiger partial charge in [0.1, 0.15) is 5.76 Å². The van der Waals surface area contributed by atoms with Crippen molar-refractivity contribution in [2.75, 3.05) is 11.9 Å². The van der Waals surface area contributed by atoms with Crippen LogP contribution in [0.15, 0.2) is 10.6 Å². The first-order valence-electron chi connectivity index (χ1n) is 5.62. The fourth-order valence-electron chi connectivity index (χ4n) is 1.48. The Morgan fingerprint density at radius 3 is 2.76 bits per heavy atom. The Balaban J connectivity index is 2.42. The summed E-state index contributed by atoms with van der Waals surface area (Å²) in [5.74, 6) is 1.03. The van der Waals surface area contributed by atoms with Crippen LogP contribution in [-0.4, -0.2) is 28.8 Å². The number of hydrogen-bond donors (Lipinski definition) is 3. The molecule has 6 heteroatoms. The second-order valence-electron chi connectivity index (χ2n) is 4.38. The lowest BCUT2D eigenvalue weighted by molar-refractivity contribution is 0.213. The minimum Gasteiger partial charge on any atom is -0.429 e. The first kappa shape index (κ1) is 13.5. The van der Waals surface area contributed by atoms with Crippen LogP contribution in [0.2, 0.25) is 0 Å². The number of urea groups is 1. The Hall–Kier alpha value is -1.56. The highest BCUT2D eigenvalue weighted by molar-refractivity contribution is 5.87. The number of nitrogens with one attached hydrogen (secondary N) is 2. The van der Waals surface area contributed by atoms with Gasteiger partial charge in [-0.25, -0.2) is 9.78 Å². The van der Waals surface area contributed by atoms with Gasteiger partial charge in [-0.1, -0.05) is 13.8 Å². The molecule has 0 radical (unpaired) electrons. The predicted molar refractivity (Wildman–Crippen MR) is 63.7 cm³/mol. The maximum atomic E-state index is 11.5. The first-order chi connectivity index (χ1) is 8.01. The molecule has 1 rings (SSSR count). The van der Waals surface area contributed by atoms with Crippen LogP contribution in [0.4, 0.5) is 10.8 Å². The summed E-state index contributed by atoms with van der Waals surface area (Å²) in [5.41, 5.74) is 0. The Morgan fingerprint density at radius 1 is 1.59 bits per heavy atom. The molecule has 0 aromatic carbocycles. The molecule has 0 bridgehead atoms. The van der Waals surface area contributed by atoms with E-state index in [0.29, 0.717) is 18.1 Å². The summed E-state index contributed by atoms with van der Waals surface area (Å²) in [4.78, 5) is 15.4. The van der Waals surface area contributed by atoms with Crippen molar-refractivity contribution in [1.82, 2.24) is 10.3 Å². The molecule has 1 aromatic heterocycles. The van der Waals surface area contributed by atoms with Crippen molar-refractivity contribution >= 4 is 12.0 Å². The van der Waals surface area contributed by atoms with E-state index in [1.54, 1.807) is 6.92 Å². The molecule has 1 aromatic rings. The van der Waals surface area contributed by atoms with Gasteiger partial charge in [0.25, 0.3) is 0 Å². The van der Waals surface area contributed by atoms with Crippen molar-refractivity contribution in [2.45, 2.75) is 33.2 Å². The van der Waals surface area contributed by atoms with E-state index in [9.17, 15) is 4.79 Å². The Labute approximate surface area is 100 Å². The standard InChI is InChI=1S/C11H19N3O3/c1-7(2)4-9(6-15)13-10(16)14-11-12-5-8(3)17-11/h5,7,9,15H,4,6H2,1-3H3,(H2,12,13,14,16). The number of nitrogens with zero attached hydrogens (tertiary/aromatic N) is 1. The SMILES string of the molecule is Cc1cnc(NC(=O)NC(CO)CC(C)C)o1. The fourth-order valence-corrected chi connectivity index (χ4v) is 1.48. The maximum absolute atomic E-state index is 11.5. The molecule has 0 saturated heterocycles. The number of aromatic nitrogens is 1. The topological polar surface area (TPSA) is 87.4 Å². The number of carbonyl (C=O) groups excluding carboxylic acids is 1. The lowest BCUT2D eigenvalue weighted by atomic mass is 10.0. The molecule has 0 fully saturated rings. The molecule has 0 saturated carbocycles. The minimum atomic E-state index is -0.424. The highest BCUT2D eigenvalue weighted by atomic mass is 16.4. The number of rotatable bonds is 5. The van der Waals surface area contributed by atoms with Gasteiger partial charge in [0, 0.05) is 0 Å². The van der Waals surface area contributed by atoms with Gasteiger partial charge in [-0.15, -0.1) is 0 Å². The zero-order valence-corrected chi connectivity index (χ0v) is 10.4. The number of oxazole rings is 1. The largest absolute Gasteiger partial charge is 0.429 e. The second-order valence-corrected chi connectivity index (χ2v) is 4.38. The molecule has 0 aliphatic carbocycles. The second kappa shape index (κ2) is 6.24. The molecular formula is C11H19N3O3. The fraction of sp³-hybridized carbons (Fsp3) is 0.636. The summed E-state index contributed by atoms with van der Waals surface area (Å²) >= 11 is 0. The summed E-state index contributed by atoms with van der Waals surface area (Å²) < 4.78 is 5.10. The summed E-state index contributed by atoms with van der Waals surface area (Å²) in [5, 5.41) is 14.2.